The number of hydrazone groups is 2. The van der Waals surface area contributed by atoms with E-state index in [9.17, 15) is 9.59 Å². The maximum absolute atomic E-state index is 10.9. The molecule has 4 amide bonds. The van der Waals surface area contributed by atoms with Gasteiger partial charge in [0, 0.05) is 23.3 Å². The van der Waals surface area contributed by atoms with E-state index in [0.717, 1.165) is 24.3 Å². The van der Waals surface area contributed by atoms with Crippen LogP contribution in [0.3, 0.4) is 0 Å². The molecule has 0 aromatic carbocycles. The van der Waals surface area contributed by atoms with Gasteiger partial charge in [0.2, 0.25) is 0 Å². The highest BCUT2D eigenvalue weighted by Gasteiger charge is 2.67. The number of primary amides is 2. The van der Waals surface area contributed by atoms with Crippen LogP contribution in [0.1, 0.15) is 19.3 Å². The zero-order valence-corrected chi connectivity index (χ0v) is 11.5. The molecule has 4 saturated carbocycles. The Morgan fingerprint density at radius 2 is 1.29 bits per heavy atom. The smallest absolute Gasteiger partial charge is 0.332 e. The molecule has 0 spiro atoms. The first-order valence-electron chi connectivity index (χ1n) is 7.30. The normalized spacial score (nSPS) is 45.5. The molecule has 4 rings (SSSR count). The fourth-order valence-corrected chi connectivity index (χ4v) is 5.42. The Bertz CT molecular complexity index is 531. The first kappa shape index (κ1) is 12.6. The van der Waals surface area contributed by atoms with E-state index >= 15 is 0 Å². The van der Waals surface area contributed by atoms with Gasteiger partial charge in [0.25, 0.3) is 0 Å². The number of urea groups is 2. The monoisotopic (exact) mass is 290 g/mol. The van der Waals surface area contributed by atoms with Crippen LogP contribution in [0.25, 0.3) is 0 Å². The SMILES string of the molecule is NC(=O)NN=C1C[C@@H]2[C@@H]3CC(=NNC(N)=O)[C@@H]4[C@H]3C[C@H]2[C@@H]14. The second kappa shape index (κ2) is 4.19. The van der Waals surface area contributed by atoms with Crippen molar-refractivity contribution >= 4 is 23.5 Å². The summed E-state index contributed by atoms with van der Waals surface area (Å²) in [5.41, 5.74) is 17.0. The van der Waals surface area contributed by atoms with Gasteiger partial charge in [-0.3, -0.25) is 0 Å². The minimum absolute atomic E-state index is 0.332. The highest BCUT2D eigenvalue weighted by molar-refractivity contribution is 6.01. The molecule has 0 saturated heterocycles. The van der Waals surface area contributed by atoms with E-state index in [0.29, 0.717) is 35.5 Å². The lowest BCUT2D eigenvalue weighted by Gasteiger charge is -2.24. The zero-order valence-electron chi connectivity index (χ0n) is 11.5. The Morgan fingerprint density at radius 1 is 0.857 bits per heavy atom. The third kappa shape index (κ3) is 1.68. The lowest BCUT2D eigenvalue weighted by molar-refractivity contribution is 0.241. The van der Waals surface area contributed by atoms with E-state index in [1.165, 1.54) is 6.42 Å². The molecule has 21 heavy (non-hydrogen) atoms. The number of nitrogens with two attached hydrogens (primary N) is 2. The molecular formula is C13H18N6O2. The maximum atomic E-state index is 10.9. The van der Waals surface area contributed by atoms with Crippen molar-refractivity contribution in [3.8, 4) is 0 Å². The summed E-state index contributed by atoms with van der Waals surface area (Å²) >= 11 is 0. The number of amides is 4. The molecule has 112 valence electrons. The molecule has 0 aromatic heterocycles. The maximum Gasteiger partial charge on any atom is 0.332 e. The number of carbonyl (C=O) groups excluding carboxylic acids is 2. The Labute approximate surface area is 121 Å². The lowest BCUT2D eigenvalue weighted by atomic mass is 9.79. The number of nitrogens with zero attached hydrogens (tertiary/aromatic N) is 2. The fourth-order valence-electron chi connectivity index (χ4n) is 5.42. The first-order valence-corrected chi connectivity index (χ1v) is 7.30. The Kier molecular flexibility index (Phi) is 2.51. The van der Waals surface area contributed by atoms with Gasteiger partial charge in [0.05, 0.1) is 0 Å². The van der Waals surface area contributed by atoms with E-state index in [4.69, 9.17) is 11.5 Å². The predicted molar refractivity (Wildman–Crippen MR) is 75.1 cm³/mol. The Morgan fingerprint density at radius 3 is 1.67 bits per heavy atom. The van der Waals surface area contributed by atoms with Crippen LogP contribution in [0.2, 0.25) is 0 Å². The largest absolute Gasteiger partial charge is 0.350 e. The molecule has 8 heteroatoms. The summed E-state index contributed by atoms with van der Waals surface area (Å²) in [7, 11) is 0. The average molecular weight is 290 g/mol. The topological polar surface area (TPSA) is 135 Å². The number of fused-ring (bicyclic) bond motifs is 2. The number of hydrogen-bond donors (Lipinski definition) is 4. The highest BCUT2D eigenvalue weighted by atomic mass is 16.2. The average Bonchev–Trinajstić information content (AvgIpc) is 3.03. The van der Waals surface area contributed by atoms with Crippen molar-refractivity contribution in [2.24, 2.45) is 57.2 Å². The molecule has 0 heterocycles. The molecule has 0 aliphatic heterocycles. The van der Waals surface area contributed by atoms with Crippen molar-refractivity contribution in [1.29, 1.82) is 0 Å². The molecule has 6 atom stereocenters. The van der Waals surface area contributed by atoms with Crippen molar-refractivity contribution in [3.63, 3.8) is 0 Å². The van der Waals surface area contributed by atoms with Gasteiger partial charge >= 0.3 is 12.1 Å². The third-order valence-electron chi connectivity index (χ3n) is 5.78. The highest BCUT2D eigenvalue weighted by Crippen LogP contribution is 2.68. The van der Waals surface area contributed by atoms with Crippen LogP contribution < -0.4 is 22.3 Å². The fraction of sp³-hybridized carbons (Fsp3) is 0.692. The number of nitrogens with one attached hydrogen (secondary N) is 2. The molecule has 4 aliphatic rings. The first-order chi connectivity index (χ1) is 10.1. The van der Waals surface area contributed by atoms with Gasteiger partial charge in [-0.15, -0.1) is 0 Å². The second-order valence-corrected chi connectivity index (χ2v) is 6.51. The van der Waals surface area contributed by atoms with E-state index in [1.807, 2.05) is 0 Å². The quantitative estimate of drug-likeness (QED) is 0.531. The molecule has 2 bridgehead atoms. The van der Waals surface area contributed by atoms with E-state index in [1.54, 1.807) is 0 Å². The van der Waals surface area contributed by atoms with Crippen molar-refractivity contribution < 1.29 is 9.59 Å². The van der Waals surface area contributed by atoms with E-state index in [2.05, 4.69) is 21.1 Å². The molecule has 0 unspecified atom stereocenters. The molecular weight excluding hydrogens is 272 g/mol. The molecule has 0 radical (unpaired) electrons. The van der Waals surface area contributed by atoms with Crippen LogP contribution in [0, 0.1) is 35.5 Å². The summed E-state index contributed by atoms with van der Waals surface area (Å²) in [5, 5.41) is 8.43. The van der Waals surface area contributed by atoms with Crippen LogP contribution in [0.4, 0.5) is 9.59 Å². The number of hydrogen-bond acceptors (Lipinski definition) is 4. The van der Waals surface area contributed by atoms with Crippen LogP contribution in [0.15, 0.2) is 10.2 Å². The Hall–Kier alpha value is -2.12. The lowest BCUT2D eigenvalue weighted by Crippen LogP contribution is -2.32. The predicted octanol–water partition coefficient (Wildman–Crippen LogP) is -0.0431. The minimum atomic E-state index is -0.634. The second-order valence-electron chi connectivity index (χ2n) is 6.51. The van der Waals surface area contributed by atoms with Gasteiger partial charge in [0.15, 0.2) is 0 Å². The van der Waals surface area contributed by atoms with Gasteiger partial charge < -0.3 is 11.5 Å². The van der Waals surface area contributed by atoms with Crippen LogP contribution in [-0.4, -0.2) is 23.5 Å². The van der Waals surface area contributed by atoms with Gasteiger partial charge in [-0.2, -0.15) is 10.2 Å². The summed E-state index contributed by atoms with van der Waals surface area (Å²) in [4.78, 5) is 21.7. The van der Waals surface area contributed by atoms with Gasteiger partial charge in [0.1, 0.15) is 0 Å². The summed E-state index contributed by atoms with van der Waals surface area (Å²) in [6.07, 6.45) is 3.10. The van der Waals surface area contributed by atoms with Crippen LogP contribution in [0.5, 0.6) is 0 Å². The van der Waals surface area contributed by atoms with Gasteiger partial charge in [-0.05, 0) is 42.9 Å². The van der Waals surface area contributed by atoms with Gasteiger partial charge in [-0.1, -0.05) is 0 Å². The summed E-state index contributed by atoms with van der Waals surface area (Å²) < 4.78 is 0. The van der Waals surface area contributed by atoms with Crippen molar-refractivity contribution in [1.82, 2.24) is 10.9 Å². The van der Waals surface area contributed by atoms with Crippen LogP contribution in [-0.2, 0) is 0 Å². The Balaban J connectivity index is 1.63. The van der Waals surface area contributed by atoms with Gasteiger partial charge in [-0.25, -0.2) is 20.4 Å². The van der Waals surface area contributed by atoms with Crippen molar-refractivity contribution in [2.45, 2.75) is 19.3 Å². The molecule has 8 nitrogen and oxygen atoms in total. The molecule has 6 N–H and O–H groups in total. The number of carbonyl (C=O) groups is 2. The zero-order chi connectivity index (χ0) is 14.7. The minimum Gasteiger partial charge on any atom is -0.350 e. The van der Waals surface area contributed by atoms with Crippen molar-refractivity contribution in [2.75, 3.05) is 0 Å². The summed E-state index contributed by atoms with van der Waals surface area (Å²) in [5.74, 6) is 3.20. The van der Waals surface area contributed by atoms with Crippen LogP contribution >= 0.6 is 0 Å². The number of rotatable bonds is 2. The van der Waals surface area contributed by atoms with E-state index < -0.39 is 12.1 Å². The standard InChI is InChI=1S/C13H18N6O2/c14-12(20)18-16-8-2-4-5-3-9(17-19-13(15)21)11-7(5)1-6(4)10(8)11/h4-7,10-11H,1-3H2,(H3,14,18,20)(H3,15,19,21)/t4-,5+,6-,7+,10-,11-/m0/s1. The summed E-state index contributed by atoms with van der Waals surface area (Å²) in [6.45, 7) is 0. The molecule has 0 aromatic rings. The van der Waals surface area contributed by atoms with Crippen molar-refractivity contribution in [3.05, 3.63) is 0 Å². The van der Waals surface area contributed by atoms with E-state index in [-0.39, 0.29) is 0 Å². The third-order valence-corrected chi connectivity index (χ3v) is 5.78. The summed E-state index contributed by atoms with van der Waals surface area (Å²) in [6, 6.07) is -1.27. The molecule has 4 fully saturated rings. The molecule has 4 aliphatic carbocycles.